The Balaban J connectivity index is 2.14. The minimum Gasteiger partial charge on any atom is -0.506 e. The molecule has 0 radical (unpaired) electrons. The highest BCUT2D eigenvalue weighted by Gasteiger charge is 2.30. The summed E-state index contributed by atoms with van der Waals surface area (Å²) >= 11 is 0. The molecule has 0 atom stereocenters. The van der Waals surface area contributed by atoms with E-state index < -0.39 is 86.0 Å². The summed E-state index contributed by atoms with van der Waals surface area (Å²) in [7, 11) is -14.3. The summed E-state index contributed by atoms with van der Waals surface area (Å²) < 4.78 is 91.9. The monoisotopic (exact) mass is 606 g/mol. The molecule has 0 aliphatic heterocycles. The lowest BCUT2D eigenvalue weighted by molar-refractivity contribution is -0.394. The molecule has 0 amide bonds. The van der Waals surface area contributed by atoms with Crippen LogP contribution in [0.1, 0.15) is 0 Å². The van der Waals surface area contributed by atoms with E-state index in [2.05, 4.69) is 14.4 Å². The Morgan fingerprint density at radius 2 is 1.49 bits per heavy atom. The topological polar surface area (TPSA) is 283 Å². The lowest BCUT2D eigenvalue weighted by Gasteiger charge is -2.08. The number of phenolic OH excluding ortho intramolecular Hbond substituents is 1. The van der Waals surface area contributed by atoms with Crippen LogP contribution in [0.15, 0.2) is 62.5 Å². The molecule has 0 saturated heterocycles. The van der Waals surface area contributed by atoms with Gasteiger partial charge in [0.1, 0.15) is 16.3 Å². The van der Waals surface area contributed by atoms with Crippen LogP contribution in [0.4, 0.5) is 22.7 Å². The van der Waals surface area contributed by atoms with E-state index in [0.717, 1.165) is 24.3 Å². The van der Waals surface area contributed by atoms with Crippen LogP contribution in [-0.4, -0.2) is 61.7 Å². The molecule has 18 nitrogen and oxygen atoms in total. The number of azo groups is 1. The van der Waals surface area contributed by atoms with E-state index in [1.165, 1.54) is 6.07 Å². The van der Waals surface area contributed by atoms with Crippen LogP contribution in [0.2, 0.25) is 0 Å². The number of nitro groups is 2. The summed E-state index contributed by atoms with van der Waals surface area (Å²) in [5.41, 5.74) is -3.78. The van der Waals surface area contributed by atoms with Crippen molar-refractivity contribution in [3.63, 3.8) is 0 Å². The fraction of sp³-hybridized carbons (Fsp3) is 0.111. The van der Waals surface area contributed by atoms with Crippen molar-refractivity contribution >= 4 is 63.9 Å². The van der Waals surface area contributed by atoms with E-state index in [-0.39, 0.29) is 15.7 Å². The highest BCUT2D eigenvalue weighted by atomic mass is 32.3. The average molecular weight is 607 g/mol. The van der Waals surface area contributed by atoms with Gasteiger partial charge in [0.2, 0.25) is 0 Å². The Hall–Kier alpha value is -4.15. The Kier molecular flexibility index (Phi) is 7.95. The highest BCUT2D eigenvalue weighted by molar-refractivity contribution is 7.91. The minimum absolute atomic E-state index is 0.00450. The van der Waals surface area contributed by atoms with E-state index in [0.29, 0.717) is 12.1 Å². The van der Waals surface area contributed by atoms with Crippen LogP contribution in [0, 0.1) is 20.2 Å². The number of hydrogen-bond acceptors (Lipinski definition) is 14. The first-order chi connectivity index (χ1) is 17.9. The molecule has 0 unspecified atom stereocenters. The summed E-state index contributed by atoms with van der Waals surface area (Å²) in [6, 6.07) is 6.24. The maximum absolute atomic E-state index is 12.5. The lowest BCUT2D eigenvalue weighted by Crippen LogP contribution is -2.15. The zero-order valence-electron chi connectivity index (χ0n) is 18.8. The summed E-state index contributed by atoms with van der Waals surface area (Å²) in [6.07, 6.45) is 0. The van der Waals surface area contributed by atoms with Crippen molar-refractivity contribution in [3.8, 4) is 5.75 Å². The third kappa shape index (κ3) is 6.84. The van der Waals surface area contributed by atoms with Crippen LogP contribution in [0.3, 0.4) is 0 Å². The SMILES string of the molecule is O=[N+]([O-])c1cc([N+](=O)[O-])c(N=Nc2c(O)ccc3cc(S(=O)(=O)CCOS(=O)(=O)O)ccc23)c(S(=O)(=O)O)c1. The van der Waals surface area contributed by atoms with Gasteiger partial charge in [-0.15, -0.1) is 10.2 Å². The number of nitrogens with zero attached hydrogens (tertiary/aromatic N) is 4. The van der Waals surface area contributed by atoms with Gasteiger partial charge in [0.25, 0.3) is 15.8 Å². The first kappa shape index (κ1) is 29.4. The fourth-order valence-electron chi connectivity index (χ4n) is 3.17. The second kappa shape index (κ2) is 10.5. The van der Waals surface area contributed by atoms with E-state index >= 15 is 0 Å². The third-order valence-electron chi connectivity index (χ3n) is 4.86. The van der Waals surface area contributed by atoms with Gasteiger partial charge in [-0.2, -0.15) is 16.8 Å². The highest BCUT2D eigenvalue weighted by Crippen LogP contribution is 2.42. The van der Waals surface area contributed by atoms with Gasteiger partial charge >= 0.3 is 16.1 Å². The maximum Gasteiger partial charge on any atom is 0.397 e. The predicted octanol–water partition coefficient (Wildman–Crippen LogP) is 2.62. The summed E-state index contributed by atoms with van der Waals surface area (Å²) in [6.45, 7) is -0.891. The van der Waals surface area contributed by atoms with Gasteiger partial charge in [0.15, 0.2) is 15.5 Å². The van der Waals surface area contributed by atoms with E-state index in [9.17, 15) is 55.1 Å². The molecule has 0 saturated carbocycles. The Morgan fingerprint density at radius 1 is 0.846 bits per heavy atom. The molecular formula is C18H14N4O14S3. The Bertz CT molecular complexity index is 1870. The van der Waals surface area contributed by atoms with Crippen LogP contribution < -0.4 is 0 Å². The Morgan fingerprint density at radius 3 is 2.05 bits per heavy atom. The minimum atomic E-state index is -5.30. The summed E-state index contributed by atoms with van der Waals surface area (Å²) in [5.74, 6) is -1.44. The molecule has 3 rings (SSSR count). The van der Waals surface area contributed by atoms with Crippen molar-refractivity contribution in [2.45, 2.75) is 9.79 Å². The molecular weight excluding hydrogens is 592 g/mol. The number of fused-ring (bicyclic) bond motifs is 1. The van der Waals surface area contributed by atoms with Gasteiger partial charge < -0.3 is 5.11 Å². The fourth-order valence-corrected chi connectivity index (χ4v) is 5.35. The van der Waals surface area contributed by atoms with Gasteiger partial charge in [0.05, 0.1) is 33.2 Å². The molecule has 0 aliphatic rings. The van der Waals surface area contributed by atoms with E-state index in [1.807, 2.05) is 0 Å². The first-order valence-corrected chi connectivity index (χ1v) is 14.3. The van der Waals surface area contributed by atoms with Crippen LogP contribution in [0.5, 0.6) is 5.75 Å². The molecule has 0 aromatic heterocycles. The first-order valence-electron chi connectivity index (χ1n) is 9.87. The van der Waals surface area contributed by atoms with Gasteiger partial charge in [-0.1, -0.05) is 12.1 Å². The summed E-state index contributed by atoms with van der Waals surface area (Å²) in [5, 5.41) is 40.0. The zero-order chi connectivity index (χ0) is 29.3. The van der Waals surface area contributed by atoms with Gasteiger partial charge in [-0.3, -0.25) is 29.3 Å². The van der Waals surface area contributed by atoms with Crippen LogP contribution >= 0.6 is 0 Å². The number of benzene rings is 3. The molecule has 0 spiro atoms. The molecule has 3 N–H and O–H groups in total. The molecule has 0 heterocycles. The smallest absolute Gasteiger partial charge is 0.397 e. The maximum atomic E-state index is 12.5. The standard InChI is InChI=1S/C18H14N4O14S3/c23-15-4-1-10-7-12(37(28,29)6-5-36-39(33,34)35)2-3-13(10)17(15)19-20-18-14(22(26)27)8-11(21(24)25)9-16(18)38(30,31)32/h1-4,7-9,23H,5-6H2,(H,30,31,32)(H,33,34,35). The normalized spacial score (nSPS) is 12.7. The quantitative estimate of drug-likeness (QED) is 0.129. The van der Waals surface area contributed by atoms with Crippen molar-refractivity contribution in [1.82, 2.24) is 0 Å². The number of rotatable bonds is 10. The van der Waals surface area contributed by atoms with Crippen molar-refractivity contribution in [2.75, 3.05) is 12.4 Å². The molecule has 3 aromatic carbocycles. The van der Waals surface area contributed by atoms with Crippen molar-refractivity contribution in [3.05, 3.63) is 62.7 Å². The zero-order valence-corrected chi connectivity index (χ0v) is 21.3. The summed E-state index contributed by atoms with van der Waals surface area (Å²) in [4.78, 5) is 18.5. The second-order valence-corrected chi connectivity index (χ2v) is 12.0. The van der Waals surface area contributed by atoms with Crippen LogP contribution in [0.25, 0.3) is 10.8 Å². The number of aromatic hydroxyl groups is 1. The van der Waals surface area contributed by atoms with Crippen molar-refractivity contribution in [1.29, 1.82) is 0 Å². The number of sulfone groups is 1. The molecule has 21 heteroatoms. The number of phenols is 1. The van der Waals surface area contributed by atoms with Gasteiger partial charge in [-0.05, 0) is 23.6 Å². The van der Waals surface area contributed by atoms with Gasteiger partial charge in [0, 0.05) is 11.5 Å². The molecule has 0 fully saturated rings. The number of non-ortho nitro benzene ring substituents is 1. The van der Waals surface area contributed by atoms with E-state index in [4.69, 9.17) is 4.55 Å². The number of nitro benzene ring substituents is 2. The van der Waals surface area contributed by atoms with Crippen LogP contribution in [-0.2, 0) is 34.5 Å². The molecule has 3 aromatic rings. The molecule has 208 valence electrons. The third-order valence-corrected chi connectivity index (χ3v) is 7.87. The van der Waals surface area contributed by atoms with Crippen molar-refractivity contribution < 1.29 is 53.5 Å². The predicted molar refractivity (Wildman–Crippen MR) is 129 cm³/mol. The Labute approximate surface area is 218 Å². The molecule has 0 aliphatic carbocycles. The number of hydrogen-bond donors (Lipinski definition) is 3. The van der Waals surface area contributed by atoms with Gasteiger partial charge in [-0.25, -0.2) is 12.6 Å². The average Bonchev–Trinajstić information content (AvgIpc) is 2.80. The molecule has 0 bridgehead atoms. The lowest BCUT2D eigenvalue weighted by atomic mass is 10.1. The largest absolute Gasteiger partial charge is 0.506 e. The van der Waals surface area contributed by atoms with Crippen molar-refractivity contribution in [2.24, 2.45) is 10.2 Å². The molecule has 39 heavy (non-hydrogen) atoms. The second-order valence-electron chi connectivity index (χ2n) is 7.39. The van der Waals surface area contributed by atoms with E-state index in [1.54, 1.807) is 0 Å².